The molecule has 0 unspecified atom stereocenters. The van der Waals surface area contributed by atoms with Crippen molar-refractivity contribution >= 4 is 10.0 Å². The van der Waals surface area contributed by atoms with E-state index in [1.165, 1.54) is 6.20 Å². The average molecular weight is 283 g/mol. The topological polar surface area (TPSA) is 76.3 Å². The van der Waals surface area contributed by atoms with Crippen molar-refractivity contribution in [2.24, 2.45) is 5.73 Å². The fourth-order valence-electron chi connectivity index (χ4n) is 2.64. The number of hydrogen-bond donors (Lipinski definition) is 1. The fourth-order valence-corrected chi connectivity index (χ4v) is 4.28. The molecule has 0 spiro atoms. The summed E-state index contributed by atoms with van der Waals surface area (Å²) in [5, 5.41) is 0. The molecule has 0 saturated heterocycles. The zero-order chi connectivity index (χ0) is 13.9. The van der Waals surface area contributed by atoms with Gasteiger partial charge >= 0.3 is 0 Å². The van der Waals surface area contributed by atoms with E-state index >= 15 is 0 Å². The van der Waals surface area contributed by atoms with Gasteiger partial charge in [0.2, 0.25) is 10.0 Å². The van der Waals surface area contributed by atoms with Crippen LogP contribution in [0.15, 0.2) is 23.2 Å². The third-order valence-corrected chi connectivity index (χ3v) is 5.67. The summed E-state index contributed by atoms with van der Waals surface area (Å²) < 4.78 is 26.8. The third kappa shape index (κ3) is 2.96. The van der Waals surface area contributed by atoms with Crippen LogP contribution < -0.4 is 5.73 Å². The first-order valence-electron chi connectivity index (χ1n) is 6.76. The van der Waals surface area contributed by atoms with Gasteiger partial charge in [0, 0.05) is 25.3 Å². The van der Waals surface area contributed by atoms with Crippen molar-refractivity contribution in [1.29, 1.82) is 0 Å². The molecule has 1 aromatic rings. The van der Waals surface area contributed by atoms with Crippen LogP contribution in [0.25, 0.3) is 0 Å². The SMILES string of the molecule is CCN(C1CCCC1)S(=O)(=O)c1ccc(CN)nc1. The number of nitrogens with two attached hydrogens (primary N) is 1. The molecule has 0 radical (unpaired) electrons. The van der Waals surface area contributed by atoms with E-state index in [0.29, 0.717) is 18.8 Å². The van der Waals surface area contributed by atoms with E-state index in [2.05, 4.69) is 4.98 Å². The van der Waals surface area contributed by atoms with Gasteiger partial charge in [-0.1, -0.05) is 19.8 Å². The van der Waals surface area contributed by atoms with Crippen LogP contribution in [-0.2, 0) is 16.6 Å². The Morgan fingerprint density at radius 3 is 2.53 bits per heavy atom. The molecule has 6 heteroatoms. The number of pyridine rings is 1. The molecule has 1 fully saturated rings. The van der Waals surface area contributed by atoms with Crippen LogP contribution in [-0.4, -0.2) is 30.3 Å². The largest absolute Gasteiger partial charge is 0.325 e. The van der Waals surface area contributed by atoms with E-state index in [-0.39, 0.29) is 10.9 Å². The minimum absolute atomic E-state index is 0.143. The van der Waals surface area contributed by atoms with Crippen molar-refractivity contribution < 1.29 is 8.42 Å². The Kier molecular flexibility index (Phi) is 4.54. The van der Waals surface area contributed by atoms with Crippen molar-refractivity contribution in [3.8, 4) is 0 Å². The molecule has 0 aromatic carbocycles. The molecule has 0 bridgehead atoms. The van der Waals surface area contributed by atoms with E-state index in [1.807, 2.05) is 6.92 Å². The van der Waals surface area contributed by atoms with Crippen LogP contribution in [0.3, 0.4) is 0 Å². The fraction of sp³-hybridized carbons (Fsp3) is 0.615. The Hall–Kier alpha value is -0.980. The molecular formula is C13H21N3O2S. The van der Waals surface area contributed by atoms with Gasteiger partial charge in [-0.05, 0) is 25.0 Å². The summed E-state index contributed by atoms with van der Waals surface area (Å²) in [5.41, 5.74) is 6.17. The predicted octanol–water partition coefficient (Wildman–Crippen LogP) is 1.49. The molecule has 1 aliphatic rings. The highest BCUT2D eigenvalue weighted by Crippen LogP contribution is 2.28. The highest BCUT2D eigenvalue weighted by molar-refractivity contribution is 7.89. The maximum absolute atomic E-state index is 12.6. The quantitative estimate of drug-likeness (QED) is 0.888. The van der Waals surface area contributed by atoms with Crippen molar-refractivity contribution in [2.75, 3.05) is 6.54 Å². The van der Waals surface area contributed by atoms with Crippen molar-refractivity contribution in [1.82, 2.24) is 9.29 Å². The second-order valence-electron chi connectivity index (χ2n) is 4.84. The maximum atomic E-state index is 12.6. The van der Waals surface area contributed by atoms with Gasteiger partial charge in [-0.25, -0.2) is 8.42 Å². The maximum Gasteiger partial charge on any atom is 0.244 e. The molecule has 19 heavy (non-hydrogen) atoms. The summed E-state index contributed by atoms with van der Waals surface area (Å²) in [4.78, 5) is 4.34. The average Bonchev–Trinajstić information content (AvgIpc) is 2.93. The Morgan fingerprint density at radius 1 is 1.37 bits per heavy atom. The van der Waals surface area contributed by atoms with E-state index in [0.717, 1.165) is 25.7 Å². The summed E-state index contributed by atoms with van der Waals surface area (Å²) in [7, 11) is -3.43. The lowest BCUT2D eigenvalue weighted by atomic mass is 10.2. The van der Waals surface area contributed by atoms with Gasteiger partial charge in [0.25, 0.3) is 0 Å². The van der Waals surface area contributed by atoms with E-state index in [1.54, 1.807) is 16.4 Å². The van der Waals surface area contributed by atoms with Gasteiger partial charge < -0.3 is 5.73 Å². The minimum atomic E-state index is -3.43. The summed E-state index contributed by atoms with van der Waals surface area (Å²) in [6.45, 7) is 2.71. The molecule has 2 rings (SSSR count). The van der Waals surface area contributed by atoms with Gasteiger partial charge in [-0.15, -0.1) is 0 Å². The van der Waals surface area contributed by atoms with Gasteiger partial charge in [-0.2, -0.15) is 4.31 Å². The second-order valence-corrected chi connectivity index (χ2v) is 6.73. The number of hydrogen-bond acceptors (Lipinski definition) is 4. The molecule has 1 heterocycles. The zero-order valence-corrected chi connectivity index (χ0v) is 12.1. The second kappa shape index (κ2) is 5.98. The summed E-state index contributed by atoms with van der Waals surface area (Å²) >= 11 is 0. The Bertz CT molecular complexity index is 507. The summed E-state index contributed by atoms with van der Waals surface area (Å²) in [6.07, 6.45) is 5.56. The predicted molar refractivity (Wildman–Crippen MR) is 74.0 cm³/mol. The number of nitrogens with zero attached hydrogens (tertiary/aromatic N) is 2. The Labute approximate surface area is 114 Å². The number of rotatable bonds is 5. The van der Waals surface area contributed by atoms with E-state index in [4.69, 9.17) is 5.73 Å². The standard InChI is InChI=1S/C13H21N3O2S/c1-2-16(12-5-3-4-6-12)19(17,18)13-8-7-11(9-14)15-10-13/h7-8,10,12H,2-6,9,14H2,1H3. The summed E-state index contributed by atoms with van der Waals surface area (Å²) in [5.74, 6) is 0. The molecule has 106 valence electrons. The zero-order valence-electron chi connectivity index (χ0n) is 11.2. The molecule has 1 aliphatic carbocycles. The van der Waals surface area contributed by atoms with Crippen molar-refractivity contribution in [3.63, 3.8) is 0 Å². The molecule has 0 aliphatic heterocycles. The van der Waals surface area contributed by atoms with Gasteiger partial charge in [0.15, 0.2) is 0 Å². The smallest absolute Gasteiger partial charge is 0.244 e. The first kappa shape index (κ1) is 14.4. The molecule has 1 aromatic heterocycles. The Balaban J connectivity index is 2.27. The van der Waals surface area contributed by atoms with Crippen molar-refractivity contribution in [3.05, 3.63) is 24.0 Å². The minimum Gasteiger partial charge on any atom is -0.325 e. The molecule has 5 nitrogen and oxygen atoms in total. The molecular weight excluding hydrogens is 262 g/mol. The third-order valence-electron chi connectivity index (χ3n) is 3.66. The van der Waals surface area contributed by atoms with Crippen LogP contribution in [0.1, 0.15) is 38.3 Å². The Morgan fingerprint density at radius 2 is 2.05 bits per heavy atom. The van der Waals surface area contributed by atoms with Crippen LogP contribution >= 0.6 is 0 Å². The lowest BCUT2D eigenvalue weighted by molar-refractivity contribution is 0.335. The molecule has 1 saturated carbocycles. The van der Waals surface area contributed by atoms with Gasteiger partial charge in [0.05, 0.1) is 5.69 Å². The molecule has 0 atom stereocenters. The number of sulfonamides is 1. The highest BCUT2D eigenvalue weighted by atomic mass is 32.2. The van der Waals surface area contributed by atoms with E-state index < -0.39 is 10.0 Å². The normalized spacial score (nSPS) is 17.2. The van der Waals surface area contributed by atoms with Crippen LogP contribution in [0, 0.1) is 0 Å². The van der Waals surface area contributed by atoms with Crippen LogP contribution in [0.2, 0.25) is 0 Å². The lowest BCUT2D eigenvalue weighted by Crippen LogP contribution is -2.38. The van der Waals surface area contributed by atoms with Crippen LogP contribution in [0.4, 0.5) is 0 Å². The first-order valence-corrected chi connectivity index (χ1v) is 8.20. The van der Waals surface area contributed by atoms with Gasteiger partial charge in [0.1, 0.15) is 4.90 Å². The molecule has 0 amide bonds. The molecule has 2 N–H and O–H groups in total. The van der Waals surface area contributed by atoms with Crippen LogP contribution in [0.5, 0.6) is 0 Å². The van der Waals surface area contributed by atoms with Crippen molar-refractivity contribution in [2.45, 2.75) is 50.1 Å². The lowest BCUT2D eigenvalue weighted by Gasteiger charge is -2.26. The number of aromatic nitrogens is 1. The first-order chi connectivity index (χ1) is 9.09. The van der Waals surface area contributed by atoms with E-state index in [9.17, 15) is 8.42 Å². The van der Waals surface area contributed by atoms with Gasteiger partial charge in [-0.3, -0.25) is 4.98 Å². The highest BCUT2D eigenvalue weighted by Gasteiger charge is 2.32. The summed E-state index contributed by atoms with van der Waals surface area (Å²) in [6, 6.07) is 3.42. The monoisotopic (exact) mass is 283 g/mol.